The van der Waals surface area contributed by atoms with E-state index in [0.717, 1.165) is 88.7 Å². The summed E-state index contributed by atoms with van der Waals surface area (Å²) in [5.74, 6) is 1.98. The van der Waals surface area contributed by atoms with Crippen molar-refractivity contribution < 1.29 is 9.47 Å². The van der Waals surface area contributed by atoms with E-state index in [9.17, 15) is 0 Å². The molecule has 152 valence electrons. The molecular weight excluding hydrogens is 374 g/mol. The fourth-order valence-electron chi connectivity index (χ4n) is 4.36. The summed E-state index contributed by atoms with van der Waals surface area (Å²) < 4.78 is 10.9. The van der Waals surface area contributed by atoms with Gasteiger partial charge in [-0.15, -0.1) is 11.3 Å². The molecular formula is C20H29N5O2S. The van der Waals surface area contributed by atoms with E-state index in [1.54, 1.807) is 0 Å². The number of anilines is 1. The summed E-state index contributed by atoms with van der Waals surface area (Å²) in [6.07, 6.45) is 3.63. The smallest absolute Gasteiger partial charge is 0.146 e. The number of rotatable bonds is 6. The Labute approximate surface area is 170 Å². The van der Waals surface area contributed by atoms with Crippen molar-refractivity contribution in [3.05, 3.63) is 16.3 Å². The third-order valence-electron chi connectivity index (χ3n) is 5.90. The number of nitrogens with zero attached hydrogens (tertiary/aromatic N) is 4. The second kappa shape index (κ2) is 8.59. The van der Waals surface area contributed by atoms with Crippen molar-refractivity contribution in [2.24, 2.45) is 0 Å². The highest BCUT2D eigenvalue weighted by molar-refractivity contribution is 7.19. The molecule has 0 bridgehead atoms. The third-order valence-corrected chi connectivity index (χ3v) is 7.09. The number of ether oxygens (including phenoxy) is 2. The van der Waals surface area contributed by atoms with Gasteiger partial charge < -0.3 is 14.8 Å². The Morgan fingerprint density at radius 2 is 1.68 bits per heavy atom. The van der Waals surface area contributed by atoms with Crippen LogP contribution < -0.4 is 5.32 Å². The summed E-state index contributed by atoms with van der Waals surface area (Å²) in [4.78, 5) is 17.5. The number of hydrogen-bond acceptors (Lipinski definition) is 8. The molecule has 8 heteroatoms. The molecule has 2 saturated heterocycles. The molecule has 2 aromatic heterocycles. The van der Waals surface area contributed by atoms with Crippen LogP contribution in [0.4, 0.5) is 5.82 Å². The molecule has 4 heterocycles. The van der Waals surface area contributed by atoms with E-state index in [4.69, 9.17) is 19.4 Å². The van der Waals surface area contributed by atoms with E-state index in [-0.39, 0.29) is 0 Å². The molecule has 5 rings (SSSR count). The molecule has 0 radical (unpaired) electrons. The monoisotopic (exact) mass is 403 g/mol. The molecule has 0 aromatic carbocycles. The van der Waals surface area contributed by atoms with Crippen LogP contribution in [0.5, 0.6) is 0 Å². The third kappa shape index (κ3) is 4.02. The maximum absolute atomic E-state index is 5.48. The highest BCUT2D eigenvalue weighted by atomic mass is 32.1. The lowest BCUT2D eigenvalue weighted by Crippen LogP contribution is -2.39. The summed E-state index contributed by atoms with van der Waals surface area (Å²) in [6, 6.07) is 0. The zero-order chi connectivity index (χ0) is 18.8. The van der Waals surface area contributed by atoms with Crippen molar-refractivity contribution in [3.63, 3.8) is 0 Å². The van der Waals surface area contributed by atoms with Gasteiger partial charge in [0, 0.05) is 44.1 Å². The van der Waals surface area contributed by atoms with E-state index < -0.39 is 0 Å². The summed E-state index contributed by atoms with van der Waals surface area (Å²) in [5, 5.41) is 4.94. The highest BCUT2D eigenvalue weighted by Gasteiger charge is 2.23. The first-order valence-corrected chi connectivity index (χ1v) is 11.3. The van der Waals surface area contributed by atoms with Crippen LogP contribution in [0.2, 0.25) is 0 Å². The second-order valence-electron chi connectivity index (χ2n) is 7.80. The quantitative estimate of drug-likeness (QED) is 0.788. The summed E-state index contributed by atoms with van der Waals surface area (Å²) in [5.41, 5.74) is 1.49. The van der Waals surface area contributed by atoms with Crippen molar-refractivity contribution >= 4 is 27.4 Å². The summed E-state index contributed by atoms with van der Waals surface area (Å²) in [7, 11) is 0. The Balaban J connectivity index is 1.36. The standard InChI is InChI=1S/C20H29N5O2S/c1-2-15-16(3-1)28-20-18(15)19(21-4-5-24-6-10-26-11-7-24)22-17(23-20)14-25-8-12-27-13-9-25/h1-14H2,(H,21,22,23). The van der Waals surface area contributed by atoms with E-state index in [2.05, 4.69) is 15.1 Å². The fraction of sp³-hybridized carbons (Fsp3) is 0.700. The molecule has 7 nitrogen and oxygen atoms in total. The lowest BCUT2D eigenvalue weighted by atomic mass is 10.2. The van der Waals surface area contributed by atoms with Gasteiger partial charge in [-0.25, -0.2) is 9.97 Å². The number of aryl methyl sites for hydroxylation is 2. The van der Waals surface area contributed by atoms with E-state index in [1.165, 1.54) is 35.1 Å². The van der Waals surface area contributed by atoms with Crippen LogP contribution in [0, 0.1) is 0 Å². The second-order valence-corrected chi connectivity index (χ2v) is 8.88. The van der Waals surface area contributed by atoms with Gasteiger partial charge in [0.15, 0.2) is 0 Å². The van der Waals surface area contributed by atoms with E-state index in [1.807, 2.05) is 11.3 Å². The first-order chi connectivity index (χ1) is 13.9. The van der Waals surface area contributed by atoms with Crippen LogP contribution in [0.3, 0.4) is 0 Å². The Kier molecular flexibility index (Phi) is 5.73. The van der Waals surface area contributed by atoms with Gasteiger partial charge in [-0.1, -0.05) is 0 Å². The van der Waals surface area contributed by atoms with Crippen molar-refractivity contribution in [2.45, 2.75) is 25.8 Å². The van der Waals surface area contributed by atoms with Crippen LogP contribution >= 0.6 is 11.3 Å². The SMILES string of the molecule is C1Cc2sc3nc(CN4CCOCC4)nc(NCCN4CCOCC4)c3c2C1. The molecule has 1 aliphatic carbocycles. The molecule has 0 atom stereocenters. The highest BCUT2D eigenvalue weighted by Crippen LogP contribution is 2.39. The number of hydrogen-bond donors (Lipinski definition) is 1. The molecule has 2 aliphatic heterocycles. The van der Waals surface area contributed by atoms with Gasteiger partial charge in [-0.3, -0.25) is 9.80 Å². The first kappa shape index (κ1) is 18.7. The summed E-state index contributed by atoms with van der Waals surface area (Å²) in [6.45, 7) is 10.0. The molecule has 2 aromatic rings. The molecule has 1 N–H and O–H groups in total. The number of thiophene rings is 1. The zero-order valence-electron chi connectivity index (χ0n) is 16.4. The largest absolute Gasteiger partial charge is 0.379 e. The molecule has 2 fully saturated rings. The minimum absolute atomic E-state index is 0.806. The molecule has 0 amide bonds. The molecule has 0 saturated carbocycles. The minimum Gasteiger partial charge on any atom is -0.379 e. The van der Waals surface area contributed by atoms with Crippen LogP contribution in [-0.4, -0.2) is 85.5 Å². The normalized spacial score (nSPS) is 21.3. The van der Waals surface area contributed by atoms with Gasteiger partial charge >= 0.3 is 0 Å². The van der Waals surface area contributed by atoms with Crippen molar-refractivity contribution in [1.82, 2.24) is 19.8 Å². The maximum Gasteiger partial charge on any atom is 0.146 e. The minimum atomic E-state index is 0.806. The van der Waals surface area contributed by atoms with Crippen LogP contribution in [0.1, 0.15) is 22.7 Å². The van der Waals surface area contributed by atoms with Crippen molar-refractivity contribution in [1.29, 1.82) is 0 Å². The van der Waals surface area contributed by atoms with Crippen LogP contribution in [0.15, 0.2) is 0 Å². The molecule has 0 spiro atoms. The zero-order valence-corrected chi connectivity index (χ0v) is 17.2. The fourth-order valence-corrected chi connectivity index (χ4v) is 5.64. The Morgan fingerprint density at radius 1 is 0.929 bits per heavy atom. The summed E-state index contributed by atoms with van der Waals surface area (Å²) >= 11 is 1.88. The maximum atomic E-state index is 5.48. The molecule has 0 unspecified atom stereocenters. The number of morpholine rings is 2. The van der Waals surface area contributed by atoms with E-state index in [0.29, 0.717) is 0 Å². The Morgan fingerprint density at radius 3 is 2.46 bits per heavy atom. The van der Waals surface area contributed by atoms with Crippen molar-refractivity contribution in [3.8, 4) is 0 Å². The Bertz CT molecular complexity index is 815. The van der Waals surface area contributed by atoms with Gasteiger partial charge in [0.25, 0.3) is 0 Å². The molecule has 28 heavy (non-hydrogen) atoms. The lowest BCUT2D eigenvalue weighted by molar-refractivity contribution is 0.0331. The van der Waals surface area contributed by atoms with Gasteiger partial charge in [0.05, 0.1) is 38.4 Å². The topological polar surface area (TPSA) is 62.8 Å². The van der Waals surface area contributed by atoms with Gasteiger partial charge in [0.1, 0.15) is 16.5 Å². The average Bonchev–Trinajstić information content (AvgIpc) is 3.30. The predicted molar refractivity (Wildman–Crippen MR) is 111 cm³/mol. The van der Waals surface area contributed by atoms with Crippen molar-refractivity contribution in [2.75, 3.05) is 71.0 Å². The Hall–Kier alpha value is -1.32. The van der Waals surface area contributed by atoms with Gasteiger partial charge in [0.2, 0.25) is 0 Å². The first-order valence-electron chi connectivity index (χ1n) is 10.5. The molecule has 3 aliphatic rings. The van der Waals surface area contributed by atoms with Crippen LogP contribution in [0.25, 0.3) is 10.2 Å². The number of fused-ring (bicyclic) bond motifs is 3. The van der Waals surface area contributed by atoms with Gasteiger partial charge in [-0.05, 0) is 24.8 Å². The van der Waals surface area contributed by atoms with Gasteiger partial charge in [-0.2, -0.15) is 0 Å². The average molecular weight is 404 g/mol. The number of nitrogens with one attached hydrogen (secondary N) is 1. The predicted octanol–water partition coefficient (Wildman–Crippen LogP) is 1.76. The van der Waals surface area contributed by atoms with Crippen LogP contribution in [-0.2, 0) is 28.9 Å². The van der Waals surface area contributed by atoms with E-state index >= 15 is 0 Å². The number of aromatic nitrogens is 2. The lowest BCUT2D eigenvalue weighted by Gasteiger charge is -2.27.